The van der Waals surface area contributed by atoms with Crippen LogP contribution in [0.4, 0.5) is 13.2 Å². The molecule has 8 nitrogen and oxygen atoms in total. The van der Waals surface area contributed by atoms with Gasteiger partial charge in [-0.2, -0.15) is 18.3 Å². The minimum atomic E-state index is -4.45. The van der Waals surface area contributed by atoms with Gasteiger partial charge in [0.05, 0.1) is 17.0 Å². The fourth-order valence-electron chi connectivity index (χ4n) is 2.74. The molecule has 0 fully saturated rings. The van der Waals surface area contributed by atoms with Gasteiger partial charge in [-0.15, -0.1) is 0 Å². The van der Waals surface area contributed by atoms with Crippen molar-refractivity contribution in [1.29, 1.82) is 0 Å². The Morgan fingerprint density at radius 2 is 2.00 bits per heavy atom. The van der Waals surface area contributed by atoms with E-state index in [-0.39, 0.29) is 23.6 Å². The number of oxime groups is 2. The number of aromatic nitrogens is 2. The minimum absolute atomic E-state index is 0.000259. The Hall–Kier alpha value is -3.37. The molecule has 0 atom stereocenters. The Kier molecular flexibility index (Phi) is 7.19. The number of rotatable bonds is 7. The van der Waals surface area contributed by atoms with E-state index < -0.39 is 17.6 Å². The lowest BCUT2D eigenvalue weighted by Gasteiger charge is -2.09. The first kappa shape index (κ1) is 22.9. The Balaban J connectivity index is 2.28. The molecule has 1 heterocycles. The molecule has 0 radical (unpaired) electrons. The third kappa shape index (κ3) is 5.16. The summed E-state index contributed by atoms with van der Waals surface area (Å²) in [6.07, 6.45) is -4.45. The Labute approximate surface area is 171 Å². The van der Waals surface area contributed by atoms with Gasteiger partial charge in [0.2, 0.25) is 0 Å². The van der Waals surface area contributed by atoms with Gasteiger partial charge in [-0.25, -0.2) is 0 Å². The van der Waals surface area contributed by atoms with Gasteiger partial charge in [0, 0.05) is 19.7 Å². The van der Waals surface area contributed by atoms with E-state index in [4.69, 9.17) is 9.68 Å². The average molecular weight is 425 g/mol. The highest BCUT2D eigenvalue weighted by molar-refractivity contribution is 6.45. The first-order valence-corrected chi connectivity index (χ1v) is 8.80. The summed E-state index contributed by atoms with van der Waals surface area (Å²) >= 11 is 0. The zero-order valence-corrected chi connectivity index (χ0v) is 17.2. The van der Waals surface area contributed by atoms with Gasteiger partial charge < -0.3 is 15.0 Å². The molecule has 0 saturated heterocycles. The summed E-state index contributed by atoms with van der Waals surface area (Å²) in [5.41, 5.74) is 1.26. The van der Waals surface area contributed by atoms with Crippen molar-refractivity contribution in [3.63, 3.8) is 0 Å². The number of carbonyl (C=O) groups is 1. The second-order valence-electron chi connectivity index (χ2n) is 6.27. The van der Waals surface area contributed by atoms with Crippen LogP contribution in [0.1, 0.15) is 35.0 Å². The summed E-state index contributed by atoms with van der Waals surface area (Å²) in [5, 5.41) is 14.4. The summed E-state index contributed by atoms with van der Waals surface area (Å²) in [4.78, 5) is 22.3. The van der Waals surface area contributed by atoms with Crippen molar-refractivity contribution < 1.29 is 27.6 Å². The van der Waals surface area contributed by atoms with Crippen molar-refractivity contribution in [1.82, 2.24) is 15.1 Å². The zero-order chi connectivity index (χ0) is 22.5. The van der Waals surface area contributed by atoms with E-state index in [1.165, 1.54) is 37.9 Å². The van der Waals surface area contributed by atoms with Crippen LogP contribution >= 0.6 is 0 Å². The topological polar surface area (TPSA) is 90.1 Å². The standard InChI is InChI=1S/C19H22F3N5O3/c1-11(13-7-6-8-14(9-13)19(20,21)22)25-30-10-15-12(2)24-27(4)17(15)16(26-29-5)18(28)23-3/h6-9H,10H2,1-5H3,(H,23,28). The van der Waals surface area contributed by atoms with Crippen LogP contribution in [0.25, 0.3) is 0 Å². The average Bonchev–Trinajstić information content (AvgIpc) is 2.98. The Morgan fingerprint density at radius 3 is 2.60 bits per heavy atom. The van der Waals surface area contributed by atoms with Crippen LogP contribution in [-0.2, 0) is 34.3 Å². The molecule has 162 valence electrons. The second-order valence-corrected chi connectivity index (χ2v) is 6.27. The monoisotopic (exact) mass is 425 g/mol. The lowest BCUT2D eigenvalue weighted by Crippen LogP contribution is -2.31. The quantitative estimate of drug-likeness (QED) is 0.546. The van der Waals surface area contributed by atoms with Crippen molar-refractivity contribution in [2.24, 2.45) is 17.4 Å². The van der Waals surface area contributed by atoms with Crippen LogP contribution in [0.3, 0.4) is 0 Å². The van der Waals surface area contributed by atoms with Gasteiger partial charge in [-0.1, -0.05) is 22.4 Å². The lowest BCUT2D eigenvalue weighted by molar-refractivity contribution is -0.137. The van der Waals surface area contributed by atoms with Crippen LogP contribution in [0.2, 0.25) is 0 Å². The first-order valence-electron chi connectivity index (χ1n) is 8.80. The molecule has 1 amide bonds. The van der Waals surface area contributed by atoms with E-state index in [9.17, 15) is 18.0 Å². The van der Waals surface area contributed by atoms with Gasteiger partial charge in [0.15, 0.2) is 5.71 Å². The lowest BCUT2D eigenvalue weighted by atomic mass is 10.1. The van der Waals surface area contributed by atoms with Crippen molar-refractivity contribution in [2.45, 2.75) is 26.6 Å². The molecule has 0 aliphatic carbocycles. The van der Waals surface area contributed by atoms with E-state index in [0.29, 0.717) is 17.0 Å². The maximum Gasteiger partial charge on any atom is 0.416 e. The number of hydrogen-bond donors (Lipinski definition) is 1. The molecule has 0 saturated carbocycles. The SMILES string of the molecule is CNC(=O)C(=NOC)c1c(CON=C(C)c2cccc(C(F)(F)F)c2)c(C)nn1C. The molecule has 0 unspecified atom stereocenters. The molecule has 0 aliphatic rings. The van der Waals surface area contributed by atoms with Crippen molar-refractivity contribution in [3.05, 3.63) is 52.3 Å². The number of hydrogen-bond acceptors (Lipinski definition) is 6. The van der Waals surface area contributed by atoms with E-state index in [1.807, 2.05) is 0 Å². The maximum atomic E-state index is 12.9. The molecular formula is C19H22F3N5O3. The molecule has 0 bridgehead atoms. The summed E-state index contributed by atoms with van der Waals surface area (Å²) in [6.45, 7) is 3.18. The second kappa shape index (κ2) is 9.42. The molecule has 1 aromatic carbocycles. The van der Waals surface area contributed by atoms with Gasteiger partial charge >= 0.3 is 6.18 Å². The van der Waals surface area contributed by atoms with Crippen LogP contribution in [0.5, 0.6) is 0 Å². The number of halogens is 3. The van der Waals surface area contributed by atoms with Crippen LogP contribution in [0.15, 0.2) is 34.6 Å². The Morgan fingerprint density at radius 1 is 1.30 bits per heavy atom. The van der Waals surface area contributed by atoms with Crippen molar-refractivity contribution >= 4 is 17.3 Å². The molecular weight excluding hydrogens is 403 g/mol. The molecule has 1 aromatic heterocycles. The number of aryl methyl sites for hydroxylation is 2. The zero-order valence-electron chi connectivity index (χ0n) is 17.2. The van der Waals surface area contributed by atoms with Crippen LogP contribution < -0.4 is 5.32 Å². The number of alkyl halides is 3. The van der Waals surface area contributed by atoms with E-state index >= 15 is 0 Å². The largest absolute Gasteiger partial charge is 0.416 e. The van der Waals surface area contributed by atoms with Gasteiger partial charge in [-0.05, 0) is 31.5 Å². The number of benzene rings is 1. The molecule has 0 spiro atoms. The predicted molar refractivity (Wildman–Crippen MR) is 104 cm³/mol. The number of amides is 1. The summed E-state index contributed by atoms with van der Waals surface area (Å²) < 4.78 is 40.1. The highest BCUT2D eigenvalue weighted by Gasteiger charge is 2.30. The number of nitrogens with one attached hydrogen (secondary N) is 1. The van der Waals surface area contributed by atoms with Gasteiger partial charge in [0.25, 0.3) is 5.91 Å². The third-order valence-electron chi connectivity index (χ3n) is 4.21. The van der Waals surface area contributed by atoms with E-state index in [1.54, 1.807) is 14.0 Å². The maximum absolute atomic E-state index is 12.9. The molecule has 1 N–H and O–H groups in total. The van der Waals surface area contributed by atoms with Crippen molar-refractivity contribution in [3.8, 4) is 0 Å². The Bertz CT molecular complexity index is 980. The minimum Gasteiger partial charge on any atom is -0.398 e. The summed E-state index contributed by atoms with van der Waals surface area (Å²) in [5.74, 6) is -0.482. The molecule has 0 aliphatic heterocycles. The highest BCUT2D eigenvalue weighted by atomic mass is 19.4. The van der Waals surface area contributed by atoms with Crippen LogP contribution in [-0.4, -0.2) is 41.3 Å². The van der Waals surface area contributed by atoms with Crippen molar-refractivity contribution in [2.75, 3.05) is 14.2 Å². The molecule has 2 rings (SSSR count). The number of nitrogens with zero attached hydrogens (tertiary/aromatic N) is 4. The smallest absolute Gasteiger partial charge is 0.398 e. The third-order valence-corrected chi connectivity index (χ3v) is 4.21. The summed E-state index contributed by atoms with van der Waals surface area (Å²) in [6, 6.07) is 4.79. The predicted octanol–water partition coefficient (Wildman–Crippen LogP) is 2.78. The highest BCUT2D eigenvalue weighted by Crippen LogP contribution is 2.29. The fraction of sp³-hybridized carbons (Fsp3) is 0.368. The van der Waals surface area contributed by atoms with Gasteiger partial charge in [-0.3, -0.25) is 9.48 Å². The first-order chi connectivity index (χ1) is 14.1. The summed E-state index contributed by atoms with van der Waals surface area (Å²) in [7, 11) is 4.40. The normalized spacial score (nSPS) is 12.7. The molecule has 30 heavy (non-hydrogen) atoms. The molecule has 2 aromatic rings. The van der Waals surface area contributed by atoms with Gasteiger partial charge in [0.1, 0.15) is 19.4 Å². The molecule has 11 heteroatoms. The number of likely N-dealkylation sites (N-methyl/N-ethyl adjacent to an activating group) is 1. The van der Waals surface area contributed by atoms with Crippen LogP contribution in [0, 0.1) is 6.92 Å². The fourth-order valence-corrected chi connectivity index (χ4v) is 2.74. The van der Waals surface area contributed by atoms with E-state index in [2.05, 4.69) is 20.7 Å². The van der Waals surface area contributed by atoms with E-state index in [0.717, 1.165) is 12.1 Å². The number of carbonyl (C=O) groups excluding carboxylic acids is 1.